The molecule has 7 heteroatoms. The molecule has 0 aliphatic carbocycles. The van der Waals surface area contributed by atoms with Crippen LogP contribution in [-0.4, -0.2) is 34.3 Å². The smallest absolute Gasteiger partial charge is 0.331 e. The molecule has 0 spiro atoms. The van der Waals surface area contributed by atoms with Gasteiger partial charge in [-0.15, -0.1) is 4.72 Å². The number of esters is 1. The van der Waals surface area contributed by atoms with Crippen molar-refractivity contribution in [1.29, 1.82) is 0 Å². The molecule has 0 radical (unpaired) electrons. The first-order valence-electron chi connectivity index (χ1n) is 8.95. The summed E-state index contributed by atoms with van der Waals surface area (Å²) in [5.41, 5.74) is 1.37. The Morgan fingerprint density at radius 3 is 2.70 bits per heavy atom. The molecule has 150 valence electrons. The Kier molecular flexibility index (Phi) is 9.55. The maximum Gasteiger partial charge on any atom is 0.331 e. The quantitative estimate of drug-likeness (QED) is 0.356. The normalized spacial score (nSPS) is 18.8. The zero-order valence-corrected chi connectivity index (χ0v) is 17.4. The highest BCUT2D eigenvalue weighted by atomic mass is 32.2. The van der Waals surface area contributed by atoms with Crippen molar-refractivity contribution in [3.8, 4) is 0 Å². The summed E-state index contributed by atoms with van der Waals surface area (Å²) >= 11 is -1.11. The van der Waals surface area contributed by atoms with Crippen LogP contribution in [0, 0.1) is 5.92 Å². The van der Waals surface area contributed by atoms with Crippen LogP contribution in [0.1, 0.15) is 40.5 Å². The van der Waals surface area contributed by atoms with Gasteiger partial charge in [0.05, 0.1) is 0 Å². The number of nitrogens with one attached hydrogen (secondary N) is 2. The first-order chi connectivity index (χ1) is 12.6. The van der Waals surface area contributed by atoms with Crippen LogP contribution in [0.25, 0.3) is 0 Å². The van der Waals surface area contributed by atoms with E-state index in [4.69, 9.17) is 4.74 Å². The molecule has 1 heterocycles. The van der Waals surface area contributed by atoms with Crippen LogP contribution in [0.5, 0.6) is 0 Å². The van der Waals surface area contributed by atoms with Crippen LogP contribution in [0.2, 0.25) is 0 Å². The van der Waals surface area contributed by atoms with E-state index in [9.17, 15) is 14.1 Å². The zero-order valence-electron chi connectivity index (χ0n) is 16.5. The van der Waals surface area contributed by atoms with Crippen molar-refractivity contribution in [2.45, 2.75) is 45.3 Å². The molecular formula is C20H30N2O4S. The SMILES string of the molecule is C=C/C=C(\C=C1\C=CC(=O)OC1)NC(=O)CCC(C)CN[S+]([O-])C(C)(C)C. The fraction of sp³-hybridized carbons (Fsp3) is 0.500. The molecule has 2 unspecified atom stereocenters. The van der Waals surface area contributed by atoms with Crippen molar-refractivity contribution >= 4 is 23.2 Å². The summed E-state index contributed by atoms with van der Waals surface area (Å²) in [5, 5.41) is 2.84. The second-order valence-electron chi connectivity index (χ2n) is 7.44. The van der Waals surface area contributed by atoms with Crippen LogP contribution in [0.3, 0.4) is 0 Å². The molecule has 0 saturated carbocycles. The first kappa shape index (κ1) is 23.2. The Morgan fingerprint density at radius 2 is 2.15 bits per heavy atom. The van der Waals surface area contributed by atoms with Gasteiger partial charge in [0.25, 0.3) is 0 Å². The average molecular weight is 395 g/mol. The van der Waals surface area contributed by atoms with Gasteiger partial charge in [0.2, 0.25) is 5.91 Å². The molecule has 27 heavy (non-hydrogen) atoms. The third-order valence-corrected chi connectivity index (χ3v) is 5.26. The predicted molar refractivity (Wildman–Crippen MR) is 109 cm³/mol. The van der Waals surface area contributed by atoms with Crippen molar-refractivity contribution in [2.75, 3.05) is 13.2 Å². The summed E-state index contributed by atoms with van der Waals surface area (Å²) in [6.07, 6.45) is 9.06. The summed E-state index contributed by atoms with van der Waals surface area (Å²) in [6.45, 7) is 12.2. The molecule has 0 bridgehead atoms. The topological polar surface area (TPSA) is 90.5 Å². The Morgan fingerprint density at radius 1 is 1.44 bits per heavy atom. The standard InChI is InChI=1S/C20H30N2O4S/c1-6-7-17(12-16-9-11-19(24)26-14-16)22-18(23)10-8-15(2)13-21-27(25)20(3,4)5/h6-7,9,11-12,15,21H,1,8,10,13-14H2,2-5H3,(H,22,23)/b16-12-,17-7+. The fourth-order valence-electron chi connectivity index (χ4n) is 2.11. The highest BCUT2D eigenvalue weighted by molar-refractivity contribution is 7.90. The Labute approximate surface area is 165 Å². The van der Waals surface area contributed by atoms with Gasteiger partial charge in [0, 0.05) is 36.1 Å². The molecule has 2 atom stereocenters. The van der Waals surface area contributed by atoms with Gasteiger partial charge in [-0.1, -0.05) is 19.6 Å². The summed E-state index contributed by atoms with van der Waals surface area (Å²) in [7, 11) is 0. The number of carbonyl (C=O) groups is 2. The van der Waals surface area contributed by atoms with Gasteiger partial charge in [-0.2, -0.15) is 0 Å². The lowest BCUT2D eigenvalue weighted by molar-refractivity contribution is -0.137. The monoisotopic (exact) mass is 394 g/mol. The number of cyclic esters (lactones) is 1. The van der Waals surface area contributed by atoms with E-state index in [-0.39, 0.29) is 29.1 Å². The summed E-state index contributed by atoms with van der Waals surface area (Å²) in [5.74, 6) is -0.270. The van der Waals surface area contributed by atoms with Gasteiger partial charge >= 0.3 is 5.97 Å². The molecule has 1 aliphatic rings. The zero-order chi connectivity index (χ0) is 20.4. The molecule has 0 fully saturated rings. The third-order valence-electron chi connectivity index (χ3n) is 3.72. The predicted octanol–water partition coefficient (Wildman–Crippen LogP) is 2.68. The van der Waals surface area contributed by atoms with Crippen LogP contribution < -0.4 is 10.0 Å². The number of hydrogen-bond acceptors (Lipinski definition) is 5. The highest BCUT2D eigenvalue weighted by Gasteiger charge is 2.26. The number of allylic oxidation sites excluding steroid dienone is 3. The van der Waals surface area contributed by atoms with Crippen molar-refractivity contribution in [2.24, 2.45) is 5.92 Å². The van der Waals surface area contributed by atoms with Crippen LogP contribution in [0.15, 0.2) is 48.2 Å². The highest BCUT2D eigenvalue weighted by Crippen LogP contribution is 2.14. The van der Waals surface area contributed by atoms with Crippen LogP contribution in [-0.2, 0) is 25.7 Å². The lowest BCUT2D eigenvalue weighted by Gasteiger charge is -2.24. The first-order valence-corrected chi connectivity index (χ1v) is 10.1. The van der Waals surface area contributed by atoms with E-state index < -0.39 is 11.4 Å². The molecule has 6 nitrogen and oxygen atoms in total. The van der Waals surface area contributed by atoms with Crippen LogP contribution in [0.4, 0.5) is 0 Å². The molecule has 0 aromatic heterocycles. The summed E-state index contributed by atoms with van der Waals surface area (Å²) in [4.78, 5) is 23.3. The molecule has 0 aromatic carbocycles. The van der Waals surface area contributed by atoms with E-state index in [0.717, 1.165) is 5.57 Å². The maximum absolute atomic E-state index is 12.2. The van der Waals surface area contributed by atoms with Gasteiger partial charge in [0.1, 0.15) is 11.4 Å². The lowest BCUT2D eigenvalue weighted by atomic mass is 10.1. The second kappa shape index (κ2) is 11.1. The maximum atomic E-state index is 12.2. The number of carbonyl (C=O) groups excluding carboxylic acids is 2. The molecule has 1 rings (SSSR count). The van der Waals surface area contributed by atoms with Crippen molar-refractivity contribution < 1.29 is 18.9 Å². The summed E-state index contributed by atoms with van der Waals surface area (Å²) in [6, 6.07) is 0. The van der Waals surface area contributed by atoms with Gasteiger partial charge in [0.15, 0.2) is 0 Å². The number of ether oxygens (including phenoxy) is 1. The van der Waals surface area contributed by atoms with E-state index in [1.807, 2.05) is 27.7 Å². The Hall–Kier alpha value is -1.83. The lowest BCUT2D eigenvalue weighted by Crippen LogP contribution is -2.41. The van der Waals surface area contributed by atoms with Gasteiger partial charge < -0.3 is 14.6 Å². The number of rotatable bonds is 9. The number of hydrogen-bond donors (Lipinski definition) is 2. The Balaban J connectivity index is 2.48. The Bertz CT molecular complexity index is 632. The molecule has 1 aliphatic heterocycles. The minimum absolute atomic E-state index is 0.111. The fourth-order valence-corrected chi connectivity index (χ4v) is 2.97. The van der Waals surface area contributed by atoms with Gasteiger partial charge in [-0.25, -0.2) is 4.79 Å². The minimum Gasteiger partial charge on any atom is -0.598 e. The van der Waals surface area contributed by atoms with E-state index in [0.29, 0.717) is 25.1 Å². The van der Waals surface area contributed by atoms with Crippen molar-refractivity contribution in [3.05, 3.63) is 48.2 Å². The van der Waals surface area contributed by atoms with E-state index >= 15 is 0 Å². The van der Waals surface area contributed by atoms with E-state index in [1.54, 1.807) is 24.3 Å². The molecule has 1 amide bonds. The minimum atomic E-state index is -1.11. The van der Waals surface area contributed by atoms with Crippen molar-refractivity contribution in [3.63, 3.8) is 0 Å². The average Bonchev–Trinajstić information content (AvgIpc) is 2.59. The van der Waals surface area contributed by atoms with Gasteiger partial charge in [-0.3, -0.25) is 4.79 Å². The number of amides is 1. The molecule has 0 aromatic rings. The molecule has 2 N–H and O–H groups in total. The second-order valence-corrected chi connectivity index (χ2v) is 9.49. The van der Waals surface area contributed by atoms with E-state index in [2.05, 4.69) is 16.6 Å². The molecule has 0 saturated heterocycles. The van der Waals surface area contributed by atoms with Crippen LogP contribution >= 0.6 is 0 Å². The largest absolute Gasteiger partial charge is 0.598 e. The molecular weight excluding hydrogens is 364 g/mol. The van der Waals surface area contributed by atoms with Gasteiger partial charge in [-0.05, 0) is 56.9 Å². The van der Waals surface area contributed by atoms with Crippen molar-refractivity contribution in [1.82, 2.24) is 10.0 Å². The summed E-state index contributed by atoms with van der Waals surface area (Å²) < 4.78 is 19.6. The van der Waals surface area contributed by atoms with E-state index in [1.165, 1.54) is 6.08 Å². The third kappa shape index (κ3) is 9.60.